The second-order valence-electron chi connectivity index (χ2n) is 4.24. The van der Waals surface area contributed by atoms with Gasteiger partial charge in [0.2, 0.25) is 0 Å². The van der Waals surface area contributed by atoms with Crippen LogP contribution in [-0.4, -0.2) is 4.57 Å². The minimum Gasteiger partial charge on any atom is -0.344 e. The van der Waals surface area contributed by atoms with Crippen molar-refractivity contribution in [3.8, 4) is 0 Å². The van der Waals surface area contributed by atoms with Gasteiger partial charge in [-0.15, -0.1) is 0 Å². The van der Waals surface area contributed by atoms with Crippen LogP contribution in [0.3, 0.4) is 0 Å². The molecular formula is C14H12IN. The third kappa shape index (κ3) is 1.36. The first-order chi connectivity index (χ1) is 7.66. The van der Waals surface area contributed by atoms with E-state index >= 15 is 0 Å². The summed E-state index contributed by atoms with van der Waals surface area (Å²) in [7, 11) is 2.13. The summed E-state index contributed by atoms with van der Waals surface area (Å²) < 4.78 is 3.55. The first kappa shape index (κ1) is 10.1. The largest absolute Gasteiger partial charge is 0.344 e. The number of nitrogens with zero attached hydrogens (tertiary/aromatic N) is 1. The van der Waals surface area contributed by atoms with Crippen LogP contribution in [0.1, 0.15) is 5.56 Å². The molecule has 2 heteroatoms. The Balaban J connectivity index is 2.60. The zero-order valence-corrected chi connectivity index (χ0v) is 11.4. The van der Waals surface area contributed by atoms with Crippen LogP contribution in [0, 0.1) is 10.5 Å². The highest BCUT2D eigenvalue weighted by atomic mass is 127. The Morgan fingerprint density at radius 3 is 2.31 bits per heavy atom. The molecule has 0 N–H and O–H groups in total. The molecule has 0 bridgehead atoms. The molecule has 0 aliphatic heterocycles. The molecule has 1 heterocycles. The Hall–Kier alpha value is -1.03. The summed E-state index contributed by atoms with van der Waals surface area (Å²) in [5.74, 6) is 0. The highest BCUT2D eigenvalue weighted by Gasteiger charge is 2.07. The van der Waals surface area contributed by atoms with Gasteiger partial charge in [-0.1, -0.05) is 11.6 Å². The van der Waals surface area contributed by atoms with Crippen molar-refractivity contribution in [2.24, 2.45) is 7.05 Å². The molecule has 2 aromatic carbocycles. The number of benzene rings is 2. The van der Waals surface area contributed by atoms with E-state index in [1.165, 1.54) is 30.9 Å². The average Bonchev–Trinajstić information content (AvgIpc) is 2.52. The molecule has 1 nitrogen and oxygen atoms in total. The monoisotopic (exact) mass is 321 g/mol. The molecule has 0 aliphatic carbocycles. The van der Waals surface area contributed by atoms with E-state index in [9.17, 15) is 0 Å². The third-order valence-corrected chi connectivity index (χ3v) is 3.79. The maximum Gasteiger partial charge on any atom is 0.0489 e. The Morgan fingerprint density at radius 1 is 0.938 bits per heavy atom. The van der Waals surface area contributed by atoms with Gasteiger partial charge < -0.3 is 4.57 Å². The molecule has 0 aliphatic rings. The van der Waals surface area contributed by atoms with Gasteiger partial charge >= 0.3 is 0 Å². The molecule has 3 aromatic rings. The van der Waals surface area contributed by atoms with Gasteiger partial charge in [0, 0.05) is 32.4 Å². The van der Waals surface area contributed by atoms with Crippen molar-refractivity contribution in [1.82, 2.24) is 4.57 Å². The second kappa shape index (κ2) is 3.48. The van der Waals surface area contributed by atoms with Gasteiger partial charge in [-0.25, -0.2) is 0 Å². The van der Waals surface area contributed by atoms with E-state index in [1.54, 1.807) is 0 Å². The summed E-state index contributed by atoms with van der Waals surface area (Å²) in [6, 6.07) is 13.3. The number of aryl methyl sites for hydroxylation is 2. The number of halogens is 1. The van der Waals surface area contributed by atoms with Crippen LogP contribution < -0.4 is 0 Å². The minimum atomic E-state index is 1.29. The number of fused-ring (bicyclic) bond motifs is 3. The van der Waals surface area contributed by atoms with Crippen LogP contribution in [0.4, 0.5) is 0 Å². The lowest BCUT2D eigenvalue weighted by Gasteiger charge is -1.97. The molecule has 0 spiro atoms. The standard InChI is InChI=1S/C14H12IN/c1-9-3-5-13-11(7-9)12-8-10(15)4-6-14(12)16(13)2/h3-8H,1-2H3. The lowest BCUT2D eigenvalue weighted by Crippen LogP contribution is -1.86. The van der Waals surface area contributed by atoms with Crippen LogP contribution in [0.2, 0.25) is 0 Å². The SMILES string of the molecule is Cc1ccc2c(c1)c1cc(I)ccc1n2C. The molecule has 0 unspecified atom stereocenters. The van der Waals surface area contributed by atoms with Gasteiger partial charge in [-0.3, -0.25) is 0 Å². The molecule has 1 aromatic heterocycles. The van der Waals surface area contributed by atoms with Crippen LogP contribution in [0.25, 0.3) is 21.8 Å². The van der Waals surface area contributed by atoms with E-state index in [-0.39, 0.29) is 0 Å². The van der Waals surface area contributed by atoms with Crippen LogP contribution in [0.5, 0.6) is 0 Å². The number of aromatic nitrogens is 1. The summed E-state index contributed by atoms with van der Waals surface area (Å²) in [6.07, 6.45) is 0. The van der Waals surface area contributed by atoms with E-state index in [0.717, 1.165) is 0 Å². The van der Waals surface area contributed by atoms with E-state index in [0.29, 0.717) is 0 Å². The molecule has 0 radical (unpaired) electrons. The quantitative estimate of drug-likeness (QED) is 0.546. The van der Waals surface area contributed by atoms with Gasteiger partial charge in [0.05, 0.1) is 0 Å². The zero-order valence-electron chi connectivity index (χ0n) is 9.29. The van der Waals surface area contributed by atoms with Crippen molar-refractivity contribution in [3.63, 3.8) is 0 Å². The van der Waals surface area contributed by atoms with Gasteiger partial charge in [-0.05, 0) is 59.8 Å². The fourth-order valence-corrected chi connectivity index (χ4v) is 2.80. The lowest BCUT2D eigenvalue weighted by molar-refractivity contribution is 1.01. The van der Waals surface area contributed by atoms with Crippen LogP contribution in [-0.2, 0) is 7.05 Å². The molecule has 3 rings (SSSR count). The predicted molar refractivity (Wildman–Crippen MR) is 77.9 cm³/mol. The molecule has 16 heavy (non-hydrogen) atoms. The Bertz CT molecular complexity index is 635. The fourth-order valence-electron chi connectivity index (χ4n) is 2.30. The fraction of sp³-hybridized carbons (Fsp3) is 0.143. The molecule has 0 saturated heterocycles. The summed E-state index contributed by atoms with van der Waals surface area (Å²) in [4.78, 5) is 0. The van der Waals surface area contributed by atoms with Gasteiger partial charge in [0.1, 0.15) is 0 Å². The predicted octanol–water partition coefficient (Wildman–Crippen LogP) is 4.24. The topological polar surface area (TPSA) is 4.93 Å². The highest BCUT2D eigenvalue weighted by molar-refractivity contribution is 14.1. The Labute approximate surface area is 108 Å². The number of rotatable bonds is 0. The van der Waals surface area contributed by atoms with E-state index in [1.807, 2.05) is 0 Å². The molecule has 0 amide bonds. The summed E-state index contributed by atoms with van der Waals surface area (Å²) in [6.45, 7) is 2.15. The van der Waals surface area contributed by atoms with Crippen molar-refractivity contribution in [3.05, 3.63) is 45.5 Å². The highest BCUT2D eigenvalue weighted by Crippen LogP contribution is 2.29. The van der Waals surface area contributed by atoms with Crippen molar-refractivity contribution in [1.29, 1.82) is 0 Å². The van der Waals surface area contributed by atoms with Crippen molar-refractivity contribution in [2.75, 3.05) is 0 Å². The molecular weight excluding hydrogens is 309 g/mol. The third-order valence-electron chi connectivity index (χ3n) is 3.12. The van der Waals surface area contributed by atoms with E-state index < -0.39 is 0 Å². The second-order valence-corrected chi connectivity index (χ2v) is 5.49. The number of hydrogen-bond donors (Lipinski definition) is 0. The Morgan fingerprint density at radius 2 is 1.56 bits per heavy atom. The summed E-state index contributed by atoms with van der Waals surface area (Å²) in [5, 5.41) is 2.71. The molecule has 0 saturated carbocycles. The molecule has 0 fully saturated rings. The first-order valence-electron chi connectivity index (χ1n) is 5.31. The van der Waals surface area contributed by atoms with Gasteiger partial charge in [0.15, 0.2) is 0 Å². The van der Waals surface area contributed by atoms with Gasteiger partial charge in [0.25, 0.3) is 0 Å². The van der Waals surface area contributed by atoms with Crippen LogP contribution in [0.15, 0.2) is 36.4 Å². The van der Waals surface area contributed by atoms with Crippen molar-refractivity contribution in [2.45, 2.75) is 6.92 Å². The van der Waals surface area contributed by atoms with Crippen LogP contribution >= 0.6 is 22.6 Å². The van der Waals surface area contributed by atoms with Crippen molar-refractivity contribution >= 4 is 44.4 Å². The molecule has 80 valence electrons. The van der Waals surface area contributed by atoms with E-state index in [4.69, 9.17) is 0 Å². The molecule has 0 atom stereocenters. The van der Waals surface area contributed by atoms with E-state index in [2.05, 4.69) is 77.5 Å². The Kier molecular flexibility index (Phi) is 2.21. The van der Waals surface area contributed by atoms with Gasteiger partial charge in [-0.2, -0.15) is 0 Å². The average molecular weight is 321 g/mol. The smallest absolute Gasteiger partial charge is 0.0489 e. The zero-order chi connectivity index (χ0) is 11.3. The number of hydrogen-bond acceptors (Lipinski definition) is 0. The minimum absolute atomic E-state index is 1.29. The summed E-state index contributed by atoms with van der Waals surface area (Å²) >= 11 is 2.37. The maximum atomic E-state index is 2.37. The summed E-state index contributed by atoms with van der Waals surface area (Å²) in [5.41, 5.74) is 3.93. The van der Waals surface area contributed by atoms with Crippen molar-refractivity contribution < 1.29 is 0 Å². The maximum absolute atomic E-state index is 2.37. The lowest BCUT2D eigenvalue weighted by atomic mass is 10.1. The first-order valence-corrected chi connectivity index (χ1v) is 6.39. The normalized spacial score (nSPS) is 11.4.